The number of rotatable bonds is 7. The number of aromatic nitrogens is 1. The largest absolute Gasteiger partial charge is 0.488 e. The first-order valence-corrected chi connectivity index (χ1v) is 11.3. The number of nitrogens with one attached hydrogen (secondary N) is 1. The highest BCUT2D eigenvalue weighted by molar-refractivity contribution is 7.89. The first-order valence-electron chi connectivity index (χ1n) is 9.91. The predicted molar refractivity (Wildman–Crippen MR) is 107 cm³/mol. The van der Waals surface area contributed by atoms with E-state index >= 15 is 0 Å². The summed E-state index contributed by atoms with van der Waals surface area (Å²) < 4.78 is 63.9. The van der Waals surface area contributed by atoms with E-state index in [1.807, 2.05) is 0 Å². The Morgan fingerprint density at radius 2 is 2.00 bits per heavy atom. The molecular formula is C20H25F2N3O5S. The van der Waals surface area contributed by atoms with Crippen LogP contribution in [0, 0.1) is 31.4 Å². The first kappa shape index (κ1) is 23.1. The quantitative estimate of drug-likeness (QED) is 0.686. The van der Waals surface area contributed by atoms with Crippen LogP contribution in [0.2, 0.25) is 0 Å². The minimum Gasteiger partial charge on any atom is -0.488 e. The van der Waals surface area contributed by atoms with E-state index in [0.29, 0.717) is 18.5 Å². The third-order valence-corrected chi connectivity index (χ3v) is 7.31. The van der Waals surface area contributed by atoms with E-state index in [1.54, 1.807) is 20.8 Å². The lowest BCUT2D eigenvalue weighted by Crippen LogP contribution is -2.46. The van der Waals surface area contributed by atoms with Gasteiger partial charge in [-0.15, -0.1) is 0 Å². The van der Waals surface area contributed by atoms with Crippen LogP contribution in [0.25, 0.3) is 0 Å². The van der Waals surface area contributed by atoms with Crippen LogP contribution < -0.4 is 10.1 Å². The summed E-state index contributed by atoms with van der Waals surface area (Å²) in [4.78, 5) is 12.6. The highest BCUT2D eigenvalue weighted by Crippen LogP contribution is 2.27. The summed E-state index contributed by atoms with van der Waals surface area (Å²) in [7, 11) is -3.74. The van der Waals surface area contributed by atoms with Crippen molar-refractivity contribution in [3.63, 3.8) is 0 Å². The maximum atomic E-state index is 13.6. The fourth-order valence-corrected chi connectivity index (χ4v) is 5.30. The van der Waals surface area contributed by atoms with E-state index in [1.165, 1.54) is 10.4 Å². The van der Waals surface area contributed by atoms with Gasteiger partial charge < -0.3 is 14.6 Å². The summed E-state index contributed by atoms with van der Waals surface area (Å²) in [6.45, 7) is 5.25. The number of nitrogens with zero attached hydrogens (tertiary/aromatic N) is 2. The van der Waals surface area contributed by atoms with E-state index in [0.717, 1.165) is 12.1 Å². The third-order valence-electron chi connectivity index (χ3n) is 5.16. The number of piperidine rings is 1. The van der Waals surface area contributed by atoms with Crippen molar-refractivity contribution in [1.29, 1.82) is 0 Å². The van der Waals surface area contributed by atoms with Gasteiger partial charge >= 0.3 is 0 Å². The smallest absolute Gasteiger partial charge is 0.248 e. The van der Waals surface area contributed by atoms with Crippen molar-refractivity contribution in [1.82, 2.24) is 14.8 Å². The highest BCUT2D eigenvalue weighted by Gasteiger charge is 2.35. The second-order valence-corrected chi connectivity index (χ2v) is 9.50. The molecule has 1 N–H and O–H groups in total. The van der Waals surface area contributed by atoms with Crippen LogP contribution in [0.4, 0.5) is 8.78 Å². The van der Waals surface area contributed by atoms with Gasteiger partial charge in [-0.3, -0.25) is 4.79 Å². The average Bonchev–Trinajstić information content (AvgIpc) is 3.06. The Labute approximate surface area is 179 Å². The van der Waals surface area contributed by atoms with Gasteiger partial charge in [0.05, 0.1) is 6.04 Å². The molecular weight excluding hydrogens is 432 g/mol. The van der Waals surface area contributed by atoms with Gasteiger partial charge in [0, 0.05) is 25.1 Å². The summed E-state index contributed by atoms with van der Waals surface area (Å²) >= 11 is 0. The minimum atomic E-state index is -3.74. The molecule has 1 fully saturated rings. The average molecular weight is 457 g/mol. The van der Waals surface area contributed by atoms with Gasteiger partial charge in [-0.25, -0.2) is 17.2 Å². The second-order valence-electron chi connectivity index (χ2n) is 7.63. The van der Waals surface area contributed by atoms with Gasteiger partial charge in [0.1, 0.15) is 23.0 Å². The van der Waals surface area contributed by atoms with Gasteiger partial charge in [-0.2, -0.15) is 4.31 Å². The molecule has 11 heteroatoms. The Bertz CT molecular complexity index is 1030. The topological polar surface area (TPSA) is 102 Å². The zero-order valence-electron chi connectivity index (χ0n) is 17.5. The first-order chi connectivity index (χ1) is 14.6. The number of sulfonamides is 1. The second kappa shape index (κ2) is 9.31. The zero-order chi connectivity index (χ0) is 22.8. The summed E-state index contributed by atoms with van der Waals surface area (Å²) in [5, 5.41) is 6.50. The Hall–Kier alpha value is -2.53. The number of hydrogen-bond donors (Lipinski definition) is 1. The molecule has 0 saturated carbocycles. The fourth-order valence-electron chi connectivity index (χ4n) is 3.54. The summed E-state index contributed by atoms with van der Waals surface area (Å²) in [5.74, 6) is -1.94. The van der Waals surface area contributed by atoms with Gasteiger partial charge in [-0.1, -0.05) is 5.16 Å². The van der Waals surface area contributed by atoms with Gasteiger partial charge in [0.15, 0.2) is 17.3 Å². The molecule has 2 aromatic rings. The molecule has 0 bridgehead atoms. The molecule has 8 nitrogen and oxygen atoms in total. The van der Waals surface area contributed by atoms with E-state index in [2.05, 4.69) is 10.5 Å². The fraction of sp³-hybridized carbons (Fsp3) is 0.500. The van der Waals surface area contributed by atoms with Crippen LogP contribution in [0.3, 0.4) is 0 Å². The number of ether oxygens (including phenoxy) is 1. The lowest BCUT2D eigenvalue weighted by molar-refractivity contribution is -0.126. The summed E-state index contributed by atoms with van der Waals surface area (Å²) in [6.07, 6.45) is 0.739. The lowest BCUT2D eigenvalue weighted by atomic mass is 9.97. The van der Waals surface area contributed by atoms with Crippen molar-refractivity contribution in [2.75, 3.05) is 19.7 Å². The van der Waals surface area contributed by atoms with Crippen molar-refractivity contribution >= 4 is 15.9 Å². The van der Waals surface area contributed by atoms with Crippen molar-refractivity contribution in [2.45, 2.75) is 44.6 Å². The molecule has 1 amide bonds. The number of halogens is 2. The molecule has 1 unspecified atom stereocenters. The Kier molecular flexibility index (Phi) is 6.95. The summed E-state index contributed by atoms with van der Waals surface area (Å²) in [5.41, 5.74) is 0.309. The Morgan fingerprint density at radius 3 is 2.58 bits per heavy atom. The Balaban J connectivity index is 1.51. The van der Waals surface area contributed by atoms with E-state index < -0.39 is 27.7 Å². The molecule has 170 valence electrons. The molecule has 0 aliphatic carbocycles. The third kappa shape index (κ3) is 5.21. The highest BCUT2D eigenvalue weighted by atomic mass is 32.2. The molecule has 1 aromatic heterocycles. The molecule has 1 aromatic carbocycles. The predicted octanol–water partition coefficient (Wildman–Crippen LogP) is 2.55. The maximum Gasteiger partial charge on any atom is 0.248 e. The van der Waals surface area contributed by atoms with Crippen LogP contribution in [-0.4, -0.2) is 49.5 Å². The number of carbonyl (C=O) groups excluding carboxylic acids is 1. The SMILES string of the molecule is Cc1noc(C)c1S(=O)(=O)N1CCC(C(=O)NC(C)COc2ccc(F)cc2F)CC1. The Morgan fingerprint density at radius 1 is 1.32 bits per heavy atom. The van der Waals surface area contributed by atoms with E-state index in [9.17, 15) is 22.0 Å². The number of carbonyl (C=O) groups is 1. The molecule has 3 rings (SSSR count). The minimum absolute atomic E-state index is 0.00750. The van der Waals surface area contributed by atoms with Crippen molar-refractivity contribution in [3.05, 3.63) is 41.3 Å². The molecule has 0 spiro atoms. The molecule has 1 atom stereocenters. The molecule has 2 heterocycles. The molecule has 0 radical (unpaired) electrons. The lowest BCUT2D eigenvalue weighted by Gasteiger charge is -2.31. The maximum absolute atomic E-state index is 13.6. The van der Waals surface area contributed by atoms with Gasteiger partial charge in [0.25, 0.3) is 0 Å². The normalized spacial score (nSPS) is 16.8. The monoisotopic (exact) mass is 457 g/mol. The van der Waals surface area contributed by atoms with Crippen LogP contribution in [-0.2, 0) is 14.8 Å². The van der Waals surface area contributed by atoms with Crippen molar-refractivity contribution < 1.29 is 31.3 Å². The van der Waals surface area contributed by atoms with Gasteiger partial charge in [-0.05, 0) is 45.7 Å². The number of amides is 1. The van der Waals surface area contributed by atoms with E-state index in [-0.39, 0.29) is 47.9 Å². The molecule has 31 heavy (non-hydrogen) atoms. The van der Waals surface area contributed by atoms with Crippen molar-refractivity contribution in [3.8, 4) is 5.75 Å². The van der Waals surface area contributed by atoms with Crippen LogP contribution in [0.1, 0.15) is 31.2 Å². The standard InChI is InChI=1S/C20H25F2N3O5S/c1-12(11-29-18-5-4-16(21)10-17(18)22)23-20(26)15-6-8-25(9-7-15)31(27,28)19-13(2)24-30-14(19)3/h4-5,10,12,15H,6-9,11H2,1-3H3,(H,23,26). The number of aryl methyl sites for hydroxylation is 2. The molecule has 1 aliphatic rings. The van der Waals surface area contributed by atoms with Crippen molar-refractivity contribution in [2.24, 2.45) is 5.92 Å². The number of benzene rings is 1. The van der Waals surface area contributed by atoms with Crippen LogP contribution in [0.15, 0.2) is 27.6 Å². The van der Waals surface area contributed by atoms with Crippen LogP contribution in [0.5, 0.6) is 5.75 Å². The van der Waals surface area contributed by atoms with Crippen LogP contribution >= 0.6 is 0 Å². The molecule has 1 aliphatic heterocycles. The zero-order valence-corrected chi connectivity index (χ0v) is 18.3. The number of hydrogen-bond acceptors (Lipinski definition) is 6. The van der Waals surface area contributed by atoms with E-state index in [4.69, 9.17) is 9.26 Å². The molecule has 1 saturated heterocycles. The summed E-state index contributed by atoms with van der Waals surface area (Å²) in [6, 6.07) is 2.59. The van der Waals surface area contributed by atoms with Gasteiger partial charge in [0.2, 0.25) is 15.9 Å².